The molecule has 1 N–H and O–H groups in total. The lowest BCUT2D eigenvalue weighted by Crippen LogP contribution is -2.21. The zero-order chi connectivity index (χ0) is 15.9. The molecular weight excluding hydrogens is 298 g/mol. The minimum atomic E-state index is -0.159. The van der Waals surface area contributed by atoms with E-state index in [0.717, 1.165) is 27.7 Å². The van der Waals surface area contributed by atoms with E-state index in [9.17, 15) is 4.79 Å². The van der Waals surface area contributed by atoms with Crippen LogP contribution in [0.4, 0.5) is 0 Å². The molecule has 116 valence electrons. The van der Waals surface area contributed by atoms with Crippen LogP contribution in [-0.4, -0.2) is 23.7 Å². The second kappa shape index (κ2) is 7.70. The first-order valence-electron chi connectivity index (χ1n) is 6.93. The summed E-state index contributed by atoms with van der Waals surface area (Å²) in [6.07, 6.45) is 0.880. The number of methoxy groups -OCH3 is 1. The van der Waals surface area contributed by atoms with Crippen LogP contribution in [0.3, 0.4) is 0 Å². The van der Waals surface area contributed by atoms with E-state index in [1.54, 1.807) is 7.11 Å². The molecule has 0 aliphatic carbocycles. The van der Waals surface area contributed by atoms with Gasteiger partial charge in [0.2, 0.25) is 5.91 Å². The van der Waals surface area contributed by atoms with Gasteiger partial charge in [-0.2, -0.15) is 5.10 Å². The Balaban J connectivity index is 1.90. The molecule has 1 amide bonds. The summed E-state index contributed by atoms with van der Waals surface area (Å²) in [5.41, 5.74) is 5.36. The van der Waals surface area contributed by atoms with Crippen LogP contribution in [0.25, 0.3) is 0 Å². The van der Waals surface area contributed by atoms with E-state index in [1.807, 2.05) is 43.5 Å². The fourth-order valence-electron chi connectivity index (χ4n) is 1.98. The molecule has 2 rings (SSSR count). The molecular formula is C16H19N3O2S. The SMILES string of the molecule is COc1ccccc1C/C(C)=N\NC(=O)Cc1nc(C)cs1. The molecule has 5 nitrogen and oxygen atoms in total. The fourth-order valence-corrected chi connectivity index (χ4v) is 2.75. The predicted molar refractivity (Wildman–Crippen MR) is 88.5 cm³/mol. The summed E-state index contributed by atoms with van der Waals surface area (Å²) >= 11 is 1.48. The van der Waals surface area contributed by atoms with Crippen molar-refractivity contribution in [2.45, 2.75) is 26.7 Å². The average Bonchev–Trinajstić information content (AvgIpc) is 2.91. The van der Waals surface area contributed by atoms with Crippen LogP contribution in [0, 0.1) is 6.92 Å². The third-order valence-corrected chi connectivity index (χ3v) is 3.96. The van der Waals surface area contributed by atoms with E-state index in [2.05, 4.69) is 15.5 Å². The Morgan fingerprint density at radius 1 is 1.36 bits per heavy atom. The first kappa shape index (κ1) is 16.2. The molecule has 1 heterocycles. The van der Waals surface area contributed by atoms with Gasteiger partial charge in [-0.25, -0.2) is 10.4 Å². The van der Waals surface area contributed by atoms with Crippen molar-refractivity contribution in [1.29, 1.82) is 0 Å². The number of ether oxygens (including phenoxy) is 1. The topological polar surface area (TPSA) is 63.6 Å². The van der Waals surface area contributed by atoms with Gasteiger partial charge in [0, 0.05) is 23.2 Å². The standard InChI is InChI=1S/C16H19N3O2S/c1-11(8-13-6-4-5-7-14(13)21-3)18-19-15(20)9-16-17-12(2)10-22-16/h4-7,10H,8-9H2,1-3H3,(H,19,20)/b18-11-. The van der Waals surface area contributed by atoms with E-state index in [-0.39, 0.29) is 12.3 Å². The Kier molecular flexibility index (Phi) is 5.66. The first-order valence-corrected chi connectivity index (χ1v) is 7.81. The highest BCUT2D eigenvalue weighted by molar-refractivity contribution is 7.09. The number of amides is 1. The molecule has 2 aromatic rings. The molecule has 1 aromatic carbocycles. The Bertz CT molecular complexity index is 680. The Labute approximate surface area is 134 Å². The summed E-state index contributed by atoms with van der Waals surface area (Å²) in [5, 5.41) is 6.86. The number of aryl methyl sites for hydroxylation is 1. The molecule has 0 saturated carbocycles. The molecule has 0 atom stereocenters. The lowest BCUT2D eigenvalue weighted by atomic mass is 10.1. The smallest absolute Gasteiger partial charge is 0.246 e. The summed E-state index contributed by atoms with van der Waals surface area (Å²) < 4.78 is 5.30. The zero-order valence-corrected chi connectivity index (χ0v) is 13.7. The Morgan fingerprint density at radius 3 is 2.82 bits per heavy atom. The van der Waals surface area contributed by atoms with Gasteiger partial charge in [-0.1, -0.05) is 18.2 Å². The number of para-hydroxylation sites is 1. The van der Waals surface area contributed by atoms with Crippen molar-refractivity contribution in [3.05, 3.63) is 45.9 Å². The summed E-state index contributed by atoms with van der Waals surface area (Å²) in [7, 11) is 1.64. The van der Waals surface area contributed by atoms with E-state index >= 15 is 0 Å². The molecule has 0 aliphatic heterocycles. The molecule has 0 bridgehead atoms. The first-order chi connectivity index (χ1) is 10.6. The maximum Gasteiger partial charge on any atom is 0.246 e. The number of nitrogens with one attached hydrogen (secondary N) is 1. The van der Waals surface area contributed by atoms with Crippen LogP contribution in [0.15, 0.2) is 34.7 Å². The number of benzene rings is 1. The van der Waals surface area contributed by atoms with Crippen LogP contribution in [-0.2, 0) is 17.6 Å². The van der Waals surface area contributed by atoms with Crippen molar-refractivity contribution < 1.29 is 9.53 Å². The molecule has 6 heteroatoms. The summed E-state index contributed by atoms with van der Waals surface area (Å²) in [5.74, 6) is 0.662. The number of carbonyl (C=O) groups excluding carboxylic acids is 1. The highest BCUT2D eigenvalue weighted by atomic mass is 32.1. The van der Waals surface area contributed by atoms with E-state index in [1.165, 1.54) is 11.3 Å². The highest BCUT2D eigenvalue weighted by Gasteiger charge is 2.07. The largest absolute Gasteiger partial charge is 0.496 e. The van der Waals surface area contributed by atoms with Crippen molar-refractivity contribution >= 4 is 23.0 Å². The van der Waals surface area contributed by atoms with Gasteiger partial charge in [0.05, 0.1) is 13.5 Å². The number of hydrazone groups is 1. The number of rotatable bonds is 6. The van der Waals surface area contributed by atoms with Crippen molar-refractivity contribution in [2.24, 2.45) is 5.10 Å². The van der Waals surface area contributed by atoms with Gasteiger partial charge in [0.15, 0.2) is 0 Å². The van der Waals surface area contributed by atoms with Gasteiger partial charge >= 0.3 is 0 Å². The van der Waals surface area contributed by atoms with Gasteiger partial charge in [0.25, 0.3) is 0 Å². The number of hydrogen-bond acceptors (Lipinski definition) is 5. The van der Waals surface area contributed by atoms with Crippen LogP contribution in [0.1, 0.15) is 23.2 Å². The maximum atomic E-state index is 11.8. The predicted octanol–water partition coefficient (Wildman–Crippen LogP) is 2.74. The second-order valence-electron chi connectivity index (χ2n) is 4.93. The molecule has 0 spiro atoms. The third-order valence-electron chi connectivity index (χ3n) is 2.99. The number of thiazole rings is 1. The molecule has 1 aromatic heterocycles. The maximum absolute atomic E-state index is 11.8. The Hall–Kier alpha value is -2.21. The fraction of sp³-hybridized carbons (Fsp3) is 0.312. The van der Waals surface area contributed by atoms with E-state index in [4.69, 9.17) is 4.74 Å². The average molecular weight is 317 g/mol. The lowest BCUT2D eigenvalue weighted by molar-refractivity contribution is -0.120. The lowest BCUT2D eigenvalue weighted by Gasteiger charge is -2.07. The summed E-state index contributed by atoms with van der Waals surface area (Å²) in [4.78, 5) is 16.1. The molecule has 0 saturated heterocycles. The van der Waals surface area contributed by atoms with Crippen LogP contribution < -0.4 is 10.2 Å². The van der Waals surface area contributed by atoms with Gasteiger partial charge < -0.3 is 4.74 Å². The van der Waals surface area contributed by atoms with Crippen LogP contribution in [0.5, 0.6) is 5.75 Å². The minimum Gasteiger partial charge on any atom is -0.496 e. The van der Waals surface area contributed by atoms with Gasteiger partial charge in [-0.05, 0) is 25.5 Å². The zero-order valence-electron chi connectivity index (χ0n) is 12.9. The Morgan fingerprint density at radius 2 is 2.14 bits per heavy atom. The van der Waals surface area contributed by atoms with Gasteiger partial charge in [-0.15, -0.1) is 11.3 Å². The number of hydrogen-bond donors (Lipinski definition) is 1. The van der Waals surface area contributed by atoms with Crippen LogP contribution >= 0.6 is 11.3 Å². The minimum absolute atomic E-state index is 0.159. The monoisotopic (exact) mass is 317 g/mol. The van der Waals surface area contributed by atoms with Gasteiger partial charge in [0.1, 0.15) is 10.8 Å². The molecule has 0 radical (unpaired) electrons. The number of nitrogens with zero attached hydrogens (tertiary/aromatic N) is 2. The number of carbonyl (C=O) groups is 1. The van der Waals surface area contributed by atoms with Crippen molar-refractivity contribution in [2.75, 3.05) is 7.11 Å². The molecule has 0 unspecified atom stereocenters. The summed E-state index contributed by atoms with van der Waals surface area (Å²) in [6, 6.07) is 7.77. The van der Waals surface area contributed by atoms with Gasteiger partial charge in [-0.3, -0.25) is 4.79 Å². The molecule has 0 fully saturated rings. The quantitative estimate of drug-likeness (QED) is 0.658. The summed E-state index contributed by atoms with van der Waals surface area (Å²) in [6.45, 7) is 3.79. The van der Waals surface area contributed by atoms with Crippen molar-refractivity contribution in [3.8, 4) is 5.75 Å². The van der Waals surface area contributed by atoms with E-state index < -0.39 is 0 Å². The van der Waals surface area contributed by atoms with E-state index in [0.29, 0.717) is 6.42 Å². The molecule has 22 heavy (non-hydrogen) atoms. The highest BCUT2D eigenvalue weighted by Crippen LogP contribution is 2.18. The van der Waals surface area contributed by atoms with Crippen molar-refractivity contribution in [3.63, 3.8) is 0 Å². The van der Waals surface area contributed by atoms with Crippen LogP contribution in [0.2, 0.25) is 0 Å². The molecule has 0 aliphatic rings. The van der Waals surface area contributed by atoms with Crippen molar-refractivity contribution in [1.82, 2.24) is 10.4 Å². The second-order valence-corrected chi connectivity index (χ2v) is 5.87. The normalized spacial score (nSPS) is 11.3. The number of aromatic nitrogens is 1. The third kappa shape index (κ3) is 4.66.